The molecule has 1 heterocycles. The van der Waals surface area contributed by atoms with Crippen LogP contribution in [0.2, 0.25) is 0 Å². The maximum atomic E-state index is 12.7. The van der Waals surface area contributed by atoms with Crippen molar-refractivity contribution >= 4 is 17.5 Å². The van der Waals surface area contributed by atoms with Crippen molar-refractivity contribution < 1.29 is 14.7 Å². The molecular weight excluding hydrogens is 292 g/mol. The molecule has 0 atom stereocenters. The number of likely N-dealkylation sites (N-methyl/N-ethyl adjacent to an activating group) is 1. The molecule has 0 saturated heterocycles. The topological polar surface area (TPSA) is 60.9 Å². The second-order valence-electron chi connectivity index (χ2n) is 6.62. The zero-order chi connectivity index (χ0) is 17.2. The van der Waals surface area contributed by atoms with Gasteiger partial charge in [0.05, 0.1) is 5.60 Å². The number of rotatable bonds is 5. The molecule has 2 rings (SSSR count). The first kappa shape index (κ1) is 17.5. The van der Waals surface area contributed by atoms with E-state index >= 15 is 0 Å². The van der Waals surface area contributed by atoms with Gasteiger partial charge in [-0.15, -0.1) is 0 Å². The first-order valence-electron chi connectivity index (χ1n) is 8.21. The molecule has 1 aromatic rings. The van der Waals surface area contributed by atoms with Crippen LogP contribution in [0.3, 0.4) is 0 Å². The lowest BCUT2D eigenvalue weighted by Gasteiger charge is -2.28. The van der Waals surface area contributed by atoms with Crippen LogP contribution in [0.1, 0.15) is 50.0 Å². The Hall–Kier alpha value is -1.88. The Kier molecular flexibility index (Phi) is 5.09. The molecule has 23 heavy (non-hydrogen) atoms. The van der Waals surface area contributed by atoms with Crippen molar-refractivity contribution in [3.8, 4) is 0 Å². The van der Waals surface area contributed by atoms with E-state index in [1.54, 1.807) is 29.7 Å². The Bertz CT molecular complexity index is 605. The molecule has 5 heteroatoms. The van der Waals surface area contributed by atoms with E-state index in [4.69, 9.17) is 0 Å². The first-order valence-corrected chi connectivity index (χ1v) is 8.21. The molecule has 5 nitrogen and oxygen atoms in total. The molecular formula is C18H26N2O3. The fraction of sp³-hybridized carbons (Fsp3) is 0.556. The summed E-state index contributed by atoms with van der Waals surface area (Å²) in [6, 6.07) is 5.52. The van der Waals surface area contributed by atoms with Crippen LogP contribution in [0.5, 0.6) is 0 Å². The highest BCUT2D eigenvalue weighted by Crippen LogP contribution is 2.29. The maximum Gasteiger partial charge on any atom is 0.253 e. The highest BCUT2D eigenvalue weighted by molar-refractivity contribution is 5.98. The molecule has 0 bridgehead atoms. The van der Waals surface area contributed by atoms with E-state index in [1.165, 1.54) is 0 Å². The minimum atomic E-state index is -0.924. The standard InChI is InChI=1S/C18H26N2O3/c1-5-16(21)20-10-9-13-11-14(7-8-15(13)20)17(22)19(6-2)12-18(3,4)23/h7-8,11,23H,5-6,9-10,12H2,1-4H3. The summed E-state index contributed by atoms with van der Waals surface area (Å²) < 4.78 is 0. The maximum absolute atomic E-state index is 12.7. The number of anilines is 1. The van der Waals surface area contributed by atoms with Gasteiger partial charge in [0.25, 0.3) is 5.91 Å². The van der Waals surface area contributed by atoms with Crippen molar-refractivity contribution in [3.05, 3.63) is 29.3 Å². The van der Waals surface area contributed by atoms with E-state index in [0.717, 1.165) is 17.7 Å². The van der Waals surface area contributed by atoms with Crippen LogP contribution in [0, 0.1) is 0 Å². The summed E-state index contributed by atoms with van der Waals surface area (Å²) in [6.45, 7) is 8.66. The fourth-order valence-corrected chi connectivity index (χ4v) is 2.96. The van der Waals surface area contributed by atoms with Gasteiger partial charge >= 0.3 is 0 Å². The molecule has 1 aromatic carbocycles. The summed E-state index contributed by atoms with van der Waals surface area (Å²) in [7, 11) is 0. The van der Waals surface area contributed by atoms with Crippen LogP contribution >= 0.6 is 0 Å². The number of amides is 2. The minimum Gasteiger partial charge on any atom is -0.389 e. The summed E-state index contributed by atoms with van der Waals surface area (Å²) in [4.78, 5) is 28.0. The number of carbonyl (C=O) groups excluding carboxylic acids is 2. The molecule has 0 fully saturated rings. The Morgan fingerprint density at radius 1 is 1.30 bits per heavy atom. The van der Waals surface area contributed by atoms with Gasteiger partial charge < -0.3 is 14.9 Å². The van der Waals surface area contributed by atoms with Crippen molar-refractivity contribution in [1.29, 1.82) is 0 Å². The zero-order valence-corrected chi connectivity index (χ0v) is 14.4. The lowest BCUT2D eigenvalue weighted by molar-refractivity contribution is -0.118. The average Bonchev–Trinajstić information content (AvgIpc) is 2.93. The van der Waals surface area contributed by atoms with E-state index in [9.17, 15) is 14.7 Å². The second kappa shape index (κ2) is 6.71. The van der Waals surface area contributed by atoms with Gasteiger partial charge in [0.1, 0.15) is 0 Å². The number of fused-ring (bicyclic) bond motifs is 1. The van der Waals surface area contributed by atoms with Crippen molar-refractivity contribution in [2.75, 3.05) is 24.5 Å². The molecule has 0 saturated carbocycles. The van der Waals surface area contributed by atoms with E-state index in [0.29, 0.717) is 31.6 Å². The Morgan fingerprint density at radius 3 is 2.57 bits per heavy atom. The molecule has 0 aromatic heterocycles. The number of hydrogen-bond donors (Lipinski definition) is 1. The third kappa shape index (κ3) is 3.91. The summed E-state index contributed by atoms with van der Waals surface area (Å²) in [5.74, 6) is 0.0257. The van der Waals surface area contributed by atoms with Crippen molar-refractivity contribution in [1.82, 2.24) is 4.90 Å². The molecule has 0 unspecified atom stereocenters. The normalized spacial score (nSPS) is 13.9. The van der Waals surface area contributed by atoms with E-state index in [1.807, 2.05) is 26.0 Å². The highest BCUT2D eigenvalue weighted by Gasteiger charge is 2.26. The Balaban J connectivity index is 2.22. The molecule has 1 N–H and O–H groups in total. The van der Waals surface area contributed by atoms with Crippen molar-refractivity contribution in [2.45, 2.75) is 46.1 Å². The lowest BCUT2D eigenvalue weighted by Crippen LogP contribution is -2.42. The van der Waals surface area contributed by atoms with Crippen LogP contribution in [-0.4, -0.2) is 47.1 Å². The number of nitrogens with zero attached hydrogens (tertiary/aromatic N) is 2. The van der Waals surface area contributed by atoms with E-state index < -0.39 is 5.60 Å². The first-order chi connectivity index (χ1) is 10.8. The van der Waals surface area contributed by atoms with Gasteiger partial charge in [0.2, 0.25) is 5.91 Å². The molecule has 0 aliphatic carbocycles. The number of benzene rings is 1. The monoisotopic (exact) mass is 318 g/mol. The van der Waals surface area contributed by atoms with Gasteiger partial charge in [0.15, 0.2) is 0 Å². The number of carbonyl (C=O) groups is 2. The van der Waals surface area contributed by atoms with E-state index in [-0.39, 0.29) is 11.8 Å². The number of hydrogen-bond acceptors (Lipinski definition) is 3. The number of aliphatic hydroxyl groups is 1. The molecule has 0 radical (unpaired) electrons. The molecule has 1 aliphatic rings. The molecule has 126 valence electrons. The van der Waals surface area contributed by atoms with E-state index in [2.05, 4.69) is 0 Å². The third-order valence-electron chi connectivity index (χ3n) is 4.07. The van der Waals surface area contributed by atoms with Crippen LogP contribution in [0.15, 0.2) is 18.2 Å². The largest absolute Gasteiger partial charge is 0.389 e. The Labute approximate surface area is 137 Å². The van der Waals surface area contributed by atoms with Gasteiger partial charge in [-0.25, -0.2) is 0 Å². The summed E-state index contributed by atoms with van der Waals surface area (Å²) >= 11 is 0. The van der Waals surface area contributed by atoms with Gasteiger partial charge in [-0.05, 0) is 51.0 Å². The third-order valence-corrected chi connectivity index (χ3v) is 4.07. The SMILES string of the molecule is CCC(=O)N1CCc2cc(C(=O)N(CC)CC(C)(C)O)ccc21. The van der Waals surface area contributed by atoms with Gasteiger partial charge in [-0.3, -0.25) is 9.59 Å². The second-order valence-corrected chi connectivity index (χ2v) is 6.62. The van der Waals surface area contributed by atoms with Crippen LogP contribution in [0.25, 0.3) is 0 Å². The van der Waals surface area contributed by atoms with Gasteiger partial charge in [0, 0.05) is 37.3 Å². The summed E-state index contributed by atoms with van der Waals surface area (Å²) in [6.07, 6.45) is 1.26. The van der Waals surface area contributed by atoms with Crippen LogP contribution in [0.4, 0.5) is 5.69 Å². The molecule has 2 amide bonds. The smallest absolute Gasteiger partial charge is 0.253 e. The quantitative estimate of drug-likeness (QED) is 0.905. The fourth-order valence-electron chi connectivity index (χ4n) is 2.96. The van der Waals surface area contributed by atoms with Crippen LogP contribution in [-0.2, 0) is 11.2 Å². The molecule has 0 spiro atoms. The minimum absolute atomic E-state index is 0.0855. The van der Waals surface area contributed by atoms with Gasteiger partial charge in [-0.2, -0.15) is 0 Å². The lowest BCUT2D eigenvalue weighted by atomic mass is 10.1. The highest BCUT2D eigenvalue weighted by atomic mass is 16.3. The predicted octanol–water partition coefficient (Wildman–Crippen LogP) is 2.22. The summed E-state index contributed by atoms with van der Waals surface area (Å²) in [5, 5.41) is 9.95. The molecule has 1 aliphatic heterocycles. The van der Waals surface area contributed by atoms with Gasteiger partial charge in [-0.1, -0.05) is 6.92 Å². The average molecular weight is 318 g/mol. The van der Waals surface area contributed by atoms with Crippen molar-refractivity contribution in [2.24, 2.45) is 0 Å². The predicted molar refractivity (Wildman–Crippen MR) is 90.7 cm³/mol. The zero-order valence-electron chi connectivity index (χ0n) is 14.4. The summed E-state index contributed by atoms with van der Waals surface area (Å²) in [5.41, 5.74) is 1.64. The van der Waals surface area contributed by atoms with Crippen molar-refractivity contribution in [3.63, 3.8) is 0 Å². The van der Waals surface area contributed by atoms with Crippen LogP contribution < -0.4 is 4.90 Å². The Morgan fingerprint density at radius 2 is 2.00 bits per heavy atom.